The van der Waals surface area contributed by atoms with Gasteiger partial charge in [0, 0.05) is 18.7 Å². The Morgan fingerprint density at radius 3 is 2.25 bits per heavy atom. The highest BCUT2D eigenvalue weighted by atomic mass is 32.2. The van der Waals surface area contributed by atoms with Gasteiger partial charge in [0.05, 0.1) is 4.90 Å². The van der Waals surface area contributed by atoms with Crippen LogP contribution in [0.5, 0.6) is 0 Å². The maximum absolute atomic E-state index is 11.8. The molecule has 0 saturated carbocycles. The molecule has 0 heterocycles. The zero-order valence-corrected chi connectivity index (χ0v) is 12.0. The van der Waals surface area contributed by atoms with E-state index < -0.39 is 10.0 Å². The molecule has 1 amide bonds. The number of hydrogen-bond donors (Lipinski definition) is 3. The lowest BCUT2D eigenvalue weighted by atomic mass is 10.2. The lowest BCUT2D eigenvalue weighted by Crippen LogP contribution is -2.24. The van der Waals surface area contributed by atoms with Crippen molar-refractivity contribution in [2.45, 2.75) is 30.6 Å². The SMILES string of the molecule is NS(=O)(=O)c1ccc(C(=O)NCCCCCCO)cc1. The van der Waals surface area contributed by atoms with Crippen LogP contribution in [0.25, 0.3) is 0 Å². The molecule has 0 bridgehead atoms. The molecule has 0 aliphatic rings. The van der Waals surface area contributed by atoms with E-state index in [-0.39, 0.29) is 17.4 Å². The number of hydrogen-bond acceptors (Lipinski definition) is 4. The van der Waals surface area contributed by atoms with Crippen molar-refractivity contribution in [2.75, 3.05) is 13.2 Å². The van der Waals surface area contributed by atoms with E-state index in [9.17, 15) is 13.2 Å². The Kier molecular flexibility index (Phi) is 6.63. The van der Waals surface area contributed by atoms with Crippen molar-refractivity contribution in [1.29, 1.82) is 0 Å². The fourth-order valence-corrected chi connectivity index (χ4v) is 2.21. The number of aliphatic hydroxyl groups is 1. The van der Waals surface area contributed by atoms with Crippen molar-refractivity contribution >= 4 is 15.9 Å². The number of aliphatic hydroxyl groups excluding tert-OH is 1. The van der Waals surface area contributed by atoms with Crippen LogP contribution in [0.2, 0.25) is 0 Å². The number of carbonyl (C=O) groups is 1. The number of unbranched alkanes of at least 4 members (excludes halogenated alkanes) is 3. The number of benzene rings is 1. The normalized spacial score (nSPS) is 11.3. The smallest absolute Gasteiger partial charge is 0.251 e. The number of amides is 1. The quantitative estimate of drug-likeness (QED) is 0.611. The van der Waals surface area contributed by atoms with Gasteiger partial charge in [0.15, 0.2) is 0 Å². The predicted molar refractivity (Wildman–Crippen MR) is 75.7 cm³/mol. The first-order chi connectivity index (χ1) is 9.45. The van der Waals surface area contributed by atoms with Crippen LogP contribution in [-0.2, 0) is 10.0 Å². The summed E-state index contributed by atoms with van der Waals surface area (Å²) in [5.41, 5.74) is 0.396. The fraction of sp³-hybridized carbons (Fsp3) is 0.462. The summed E-state index contributed by atoms with van der Waals surface area (Å²) >= 11 is 0. The minimum absolute atomic E-state index is 0.0157. The Morgan fingerprint density at radius 1 is 1.10 bits per heavy atom. The fourth-order valence-electron chi connectivity index (χ4n) is 1.69. The summed E-state index contributed by atoms with van der Waals surface area (Å²) < 4.78 is 22.1. The van der Waals surface area contributed by atoms with Crippen molar-refractivity contribution < 1.29 is 18.3 Å². The molecule has 4 N–H and O–H groups in total. The van der Waals surface area contributed by atoms with Crippen LogP contribution in [0, 0.1) is 0 Å². The Hall–Kier alpha value is -1.44. The Balaban J connectivity index is 2.40. The molecule has 112 valence electrons. The van der Waals surface area contributed by atoms with Crippen LogP contribution in [0.3, 0.4) is 0 Å². The number of rotatable bonds is 8. The Bertz CT molecular complexity index is 526. The van der Waals surface area contributed by atoms with Crippen molar-refractivity contribution in [3.8, 4) is 0 Å². The molecule has 0 saturated heterocycles. The molecule has 1 aromatic rings. The molecule has 0 radical (unpaired) electrons. The maximum Gasteiger partial charge on any atom is 0.251 e. The summed E-state index contributed by atoms with van der Waals surface area (Å²) in [7, 11) is -3.73. The molecule has 0 unspecified atom stereocenters. The van der Waals surface area contributed by atoms with E-state index in [0.717, 1.165) is 25.7 Å². The molecule has 0 aliphatic carbocycles. The molecule has 0 fully saturated rings. The molecule has 7 heteroatoms. The van der Waals surface area contributed by atoms with E-state index in [1.54, 1.807) is 0 Å². The van der Waals surface area contributed by atoms with Gasteiger partial charge >= 0.3 is 0 Å². The third-order valence-corrected chi connectivity index (χ3v) is 3.74. The number of sulfonamides is 1. The summed E-state index contributed by atoms with van der Waals surface area (Å²) in [5, 5.41) is 16.3. The number of nitrogens with two attached hydrogens (primary N) is 1. The van der Waals surface area contributed by atoms with Crippen molar-refractivity contribution in [1.82, 2.24) is 5.32 Å². The zero-order valence-electron chi connectivity index (χ0n) is 11.2. The van der Waals surface area contributed by atoms with Gasteiger partial charge < -0.3 is 10.4 Å². The van der Waals surface area contributed by atoms with E-state index in [4.69, 9.17) is 10.2 Å². The third-order valence-electron chi connectivity index (χ3n) is 2.82. The second-order valence-electron chi connectivity index (χ2n) is 4.46. The first-order valence-corrected chi connectivity index (χ1v) is 8.01. The molecule has 0 spiro atoms. The molecule has 0 atom stereocenters. The first-order valence-electron chi connectivity index (χ1n) is 6.47. The minimum Gasteiger partial charge on any atom is -0.396 e. The lowest BCUT2D eigenvalue weighted by Gasteiger charge is -2.05. The standard InChI is InChI=1S/C13H20N2O4S/c14-20(18,19)12-7-5-11(6-8-12)13(17)15-9-3-1-2-4-10-16/h5-8,16H,1-4,9-10H2,(H,15,17)(H2,14,18,19). The van der Waals surface area contributed by atoms with Crippen LogP contribution in [0.4, 0.5) is 0 Å². The van der Waals surface area contributed by atoms with Gasteiger partial charge in [-0.2, -0.15) is 0 Å². The summed E-state index contributed by atoms with van der Waals surface area (Å²) in [6.07, 6.45) is 3.52. The highest BCUT2D eigenvalue weighted by Gasteiger charge is 2.09. The van der Waals surface area contributed by atoms with E-state index in [1.165, 1.54) is 24.3 Å². The van der Waals surface area contributed by atoms with Crippen LogP contribution >= 0.6 is 0 Å². The molecular formula is C13H20N2O4S. The zero-order chi connectivity index (χ0) is 15.0. The topological polar surface area (TPSA) is 109 Å². The van der Waals surface area contributed by atoms with Crippen LogP contribution < -0.4 is 10.5 Å². The van der Waals surface area contributed by atoms with Crippen molar-refractivity contribution in [2.24, 2.45) is 5.14 Å². The summed E-state index contributed by atoms with van der Waals surface area (Å²) in [6, 6.07) is 5.48. The van der Waals surface area contributed by atoms with Gasteiger partial charge in [0.1, 0.15) is 0 Å². The average molecular weight is 300 g/mol. The molecule has 20 heavy (non-hydrogen) atoms. The average Bonchev–Trinajstić information content (AvgIpc) is 2.41. The van der Waals surface area contributed by atoms with Gasteiger partial charge in [-0.15, -0.1) is 0 Å². The number of carbonyl (C=O) groups excluding carboxylic acids is 1. The molecule has 0 aromatic heterocycles. The van der Waals surface area contributed by atoms with E-state index in [2.05, 4.69) is 5.32 Å². The van der Waals surface area contributed by atoms with Gasteiger partial charge in [-0.05, 0) is 37.1 Å². The van der Waals surface area contributed by atoms with Gasteiger partial charge in [0.25, 0.3) is 5.91 Å². The maximum atomic E-state index is 11.8. The summed E-state index contributed by atoms with van der Waals surface area (Å²) in [6.45, 7) is 0.754. The number of primary sulfonamides is 1. The summed E-state index contributed by atoms with van der Waals surface area (Å²) in [5.74, 6) is -0.242. The van der Waals surface area contributed by atoms with Crippen molar-refractivity contribution in [3.05, 3.63) is 29.8 Å². The van der Waals surface area contributed by atoms with Crippen LogP contribution in [0.15, 0.2) is 29.2 Å². The van der Waals surface area contributed by atoms with E-state index >= 15 is 0 Å². The van der Waals surface area contributed by atoms with Crippen LogP contribution in [-0.4, -0.2) is 32.6 Å². The van der Waals surface area contributed by atoms with E-state index in [0.29, 0.717) is 12.1 Å². The number of nitrogens with one attached hydrogen (secondary N) is 1. The molecule has 1 rings (SSSR count). The minimum atomic E-state index is -3.73. The second kappa shape index (κ2) is 7.98. The van der Waals surface area contributed by atoms with Crippen molar-refractivity contribution in [3.63, 3.8) is 0 Å². The first kappa shape index (κ1) is 16.6. The molecule has 1 aromatic carbocycles. The second-order valence-corrected chi connectivity index (χ2v) is 6.02. The van der Waals surface area contributed by atoms with E-state index in [1.807, 2.05) is 0 Å². The predicted octanol–water partition coefficient (Wildman–Crippen LogP) is 0.616. The highest BCUT2D eigenvalue weighted by Crippen LogP contribution is 2.08. The highest BCUT2D eigenvalue weighted by molar-refractivity contribution is 7.89. The monoisotopic (exact) mass is 300 g/mol. The summed E-state index contributed by atoms with van der Waals surface area (Å²) in [4.78, 5) is 11.7. The third kappa shape index (κ3) is 5.68. The van der Waals surface area contributed by atoms with Gasteiger partial charge in [-0.3, -0.25) is 4.79 Å². The van der Waals surface area contributed by atoms with Gasteiger partial charge in [-0.1, -0.05) is 12.8 Å². The van der Waals surface area contributed by atoms with Crippen LogP contribution in [0.1, 0.15) is 36.0 Å². The largest absolute Gasteiger partial charge is 0.396 e. The van der Waals surface area contributed by atoms with Gasteiger partial charge in [-0.25, -0.2) is 13.6 Å². The molecule has 0 aliphatic heterocycles. The lowest BCUT2D eigenvalue weighted by molar-refractivity contribution is 0.0952. The Labute approximate surface area is 119 Å². The molecule has 6 nitrogen and oxygen atoms in total. The Morgan fingerprint density at radius 2 is 1.70 bits per heavy atom. The van der Waals surface area contributed by atoms with Gasteiger partial charge in [0.2, 0.25) is 10.0 Å². The molecular weight excluding hydrogens is 280 g/mol.